The fourth-order valence-corrected chi connectivity index (χ4v) is 3.16. The zero-order chi connectivity index (χ0) is 15.9. The van der Waals surface area contributed by atoms with E-state index in [1.165, 1.54) is 13.5 Å². The van der Waals surface area contributed by atoms with Crippen molar-refractivity contribution in [2.45, 2.75) is 51.9 Å². The summed E-state index contributed by atoms with van der Waals surface area (Å²) < 4.78 is 4.99. The molecule has 0 amide bonds. The molecule has 4 nitrogen and oxygen atoms in total. The second-order valence-corrected chi connectivity index (χ2v) is 5.96. The number of anilines is 1. The quantitative estimate of drug-likeness (QED) is 0.639. The first-order valence-corrected chi connectivity index (χ1v) is 8.37. The van der Waals surface area contributed by atoms with Gasteiger partial charge in [-0.15, -0.1) is 0 Å². The summed E-state index contributed by atoms with van der Waals surface area (Å²) in [6.45, 7) is 3.93. The highest BCUT2D eigenvalue weighted by atomic mass is 16.5. The predicted molar refractivity (Wildman–Crippen MR) is 88.7 cm³/mol. The predicted octanol–water partition coefficient (Wildman–Crippen LogP) is 3.90. The number of nitrogens with zero attached hydrogens (tertiary/aromatic N) is 1. The largest absolute Gasteiger partial charge is 0.506 e. The number of phenols is 1. The van der Waals surface area contributed by atoms with E-state index in [4.69, 9.17) is 4.74 Å². The number of hydrogen-bond donors (Lipinski definition) is 1. The third-order valence-corrected chi connectivity index (χ3v) is 4.35. The molecule has 122 valence electrons. The molecule has 1 aliphatic rings. The summed E-state index contributed by atoms with van der Waals surface area (Å²) in [4.78, 5) is 14.5. The third kappa shape index (κ3) is 3.73. The van der Waals surface area contributed by atoms with E-state index in [2.05, 4.69) is 11.8 Å². The average molecular weight is 305 g/mol. The van der Waals surface area contributed by atoms with Crippen LogP contribution in [0.5, 0.6) is 5.75 Å². The lowest BCUT2D eigenvalue weighted by molar-refractivity contribution is 0.0599. The Labute approximate surface area is 133 Å². The van der Waals surface area contributed by atoms with Gasteiger partial charge in [0.2, 0.25) is 0 Å². The molecule has 0 aromatic heterocycles. The topological polar surface area (TPSA) is 49.8 Å². The van der Waals surface area contributed by atoms with Gasteiger partial charge in [0, 0.05) is 13.1 Å². The zero-order valence-electron chi connectivity index (χ0n) is 13.7. The molecule has 0 saturated carbocycles. The molecule has 22 heavy (non-hydrogen) atoms. The van der Waals surface area contributed by atoms with Gasteiger partial charge in [0.1, 0.15) is 5.75 Å². The fraction of sp³-hybridized carbons (Fsp3) is 0.611. The first-order valence-electron chi connectivity index (χ1n) is 8.37. The Bertz CT molecular complexity index is 507. The molecule has 4 heteroatoms. The maximum Gasteiger partial charge on any atom is 0.340 e. The van der Waals surface area contributed by atoms with Crippen molar-refractivity contribution in [2.75, 3.05) is 25.1 Å². The van der Waals surface area contributed by atoms with E-state index in [9.17, 15) is 9.90 Å². The summed E-state index contributed by atoms with van der Waals surface area (Å²) in [6.07, 6.45) is 7.58. The van der Waals surface area contributed by atoms with Crippen molar-refractivity contribution in [2.24, 2.45) is 0 Å². The van der Waals surface area contributed by atoms with Crippen molar-refractivity contribution in [3.63, 3.8) is 0 Å². The van der Waals surface area contributed by atoms with Gasteiger partial charge >= 0.3 is 5.97 Å². The summed E-state index contributed by atoms with van der Waals surface area (Å²) >= 11 is 0. The summed E-state index contributed by atoms with van der Waals surface area (Å²) in [5, 5.41) is 10.3. The molecule has 0 bridgehead atoms. The third-order valence-electron chi connectivity index (χ3n) is 4.35. The lowest BCUT2D eigenvalue weighted by atomic mass is 9.97. The molecule has 0 radical (unpaired) electrons. The minimum absolute atomic E-state index is 0.182. The van der Waals surface area contributed by atoms with Crippen LogP contribution in [-0.4, -0.2) is 31.3 Å². The summed E-state index contributed by atoms with van der Waals surface area (Å²) in [5.41, 5.74) is 2.21. The van der Waals surface area contributed by atoms with Crippen molar-refractivity contribution in [3.05, 3.63) is 23.3 Å². The number of esters is 1. The van der Waals surface area contributed by atoms with Gasteiger partial charge in [-0.2, -0.15) is 0 Å². The van der Waals surface area contributed by atoms with Crippen LogP contribution in [0.2, 0.25) is 0 Å². The van der Waals surface area contributed by atoms with Gasteiger partial charge in [0.05, 0.1) is 18.4 Å². The maximum atomic E-state index is 12.3. The Balaban J connectivity index is 2.39. The number of rotatable bonds is 6. The molecule has 0 spiro atoms. The number of unbranched alkanes of at least 4 members (excludes halogenated alkanes) is 2. The number of hydrogen-bond acceptors (Lipinski definition) is 4. The lowest BCUT2D eigenvalue weighted by Crippen LogP contribution is -2.31. The van der Waals surface area contributed by atoms with Crippen molar-refractivity contribution in [3.8, 4) is 5.75 Å². The summed E-state index contributed by atoms with van der Waals surface area (Å²) in [7, 11) is 1.40. The number of methoxy groups -OCH3 is 1. The van der Waals surface area contributed by atoms with Crippen LogP contribution in [0.25, 0.3) is 0 Å². The Kier molecular flexibility index (Phi) is 6.10. The van der Waals surface area contributed by atoms with Crippen LogP contribution in [0, 0.1) is 0 Å². The Morgan fingerprint density at radius 1 is 1.23 bits per heavy atom. The van der Waals surface area contributed by atoms with Gasteiger partial charge in [0.15, 0.2) is 0 Å². The molecule has 0 atom stereocenters. The van der Waals surface area contributed by atoms with Crippen molar-refractivity contribution < 1.29 is 14.6 Å². The number of piperidine rings is 1. The Morgan fingerprint density at radius 3 is 2.59 bits per heavy atom. The molecular formula is C18H27NO3. The summed E-state index contributed by atoms with van der Waals surface area (Å²) in [5.74, 6) is -0.162. The van der Waals surface area contributed by atoms with Crippen molar-refractivity contribution >= 4 is 11.7 Å². The van der Waals surface area contributed by atoms with E-state index in [1.54, 1.807) is 6.07 Å². The van der Waals surface area contributed by atoms with Gasteiger partial charge in [-0.3, -0.25) is 0 Å². The lowest BCUT2D eigenvalue weighted by Gasteiger charge is -2.31. The molecular weight excluding hydrogens is 278 g/mol. The van der Waals surface area contributed by atoms with Gasteiger partial charge in [-0.1, -0.05) is 25.8 Å². The number of carbonyl (C=O) groups excluding carboxylic acids is 1. The molecule has 1 heterocycles. The highest BCUT2D eigenvalue weighted by Gasteiger charge is 2.25. The first kappa shape index (κ1) is 16.7. The van der Waals surface area contributed by atoms with E-state index in [-0.39, 0.29) is 11.7 Å². The number of benzene rings is 1. The normalized spacial score (nSPS) is 14.9. The molecule has 1 aliphatic heterocycles. The Hall–Kier alpha value is -1.71. The average Bonchev–Trinajstić information content (AvgIpc) is 2.56. The van der Waals surface area contributed by atoms with Crippen LogP contribution in [0.4, 0.5) is 5.69 Å². The van der Waals surface area contributed by atoms with Crippen molar-refractivity contribution in [1.82, 2.24) is 0 Å². The maximum absolute atomic E-state index is 12.3. The number of phenolic OH excluding ortho intramolecular Hbond substituents is 1. The smallest absolute Gasteiger partial charge is 0.340 e. The van der Waals surface area contributed by atoms with Crippen LogP contribution in [-0.2, 0) is 11.2 Å². The van der Waals surface area contributed by atoms with Gasteiger partial charge in [-0.25, -0.2) is 4.79 Å². The van der Waals surface area contributed by atoms with Crippen LogP contribution >= 0.6 is 0 Å². The highest BCUT2D eigenvalue weighted by molar-refractivity contribution is 5.99. The standard InChI is InChI=1S/C18H27NO3/c1-3-4-6-9-14-10-11-15(20)17(16(14)18(21)22-2)19-12-7-5-8-13-19/h10-11,20H,3-9,12-13H2,1-2H3. The number of carbonyl (C=O) groups is 1. The molecule has 1 saturated heterocycles. The Morgan fingerprint density at radius 2 is 1.95 bits per heavy atom. The molecule has 2 rings (SSSR count). The van der Waals surface area contributed by atoms with E-state index in [0.29, 0.717) is 11.3 Å². The number of ether oxygens (including phenoxy) is 1. The van der Waals surface area contributed by atoms with Crippen LogP contribution in [0.15, 0.2) is 12.1 Å². The molecule has 1 aromatic carbocycles. The minimum Gasteiger partial charge on any atom is -0.506 e. The molecule has 0 unspecified atom stereocenters. The second kappa shape index (κ2) is 8.06. The highest BCUT2D eigenvalue weighted by Crippen LogP contribution is 2.36. The van der Waals surface area contributed by atoms with E-state index in [1.807, 2.05) is 6.07 Å². The number of aryl methyl sites for hydroxylation is 1. The molecule has 1 N–H and O–H groups in total. The summed E-state index contributed by atoms with van der Waals surface area (Å²) in [6, 6.07) is 3.59. The van der Waals surface area contributed by atoms with Gasteiger partial charge in [0.25, 0.3) is 0 Å². The van der Waals surface area contributed by atoms with Crippen LogP contribution in [0.3, 0.4) is 0 Å². The fourth-order valence-electron chi connectivity index (χ4n) is 3.16. The van der Waals surface area contributed by atoms with E-state index >= 15 is 0 Å². The zero-order valence-corrected chi connectivity index (χ0v) is 13.7. The second-order valence-electron chi connectivity index (χ2n) is 5.96. The van der Waals surface area contributed by atoms with Crippen molar-refractivity contribution in [1.29, 1.82) is 0 Å². The van der Waals surface area contributed by atoms with E-state index in [0.717, 1.165) is 57.2 Å². The number of aromatic hydroxyl groups is 1. The van der Waals surface area contributed by atoms with Crippen LogP contribution in [0.1, 0.15) is 61.4 Å². The molecule has 0 aliphatic carbocycles. The SMILES string of the molecule is CCCCCc1ccc(O)c(N2CCCCC2)c1C(=O)OC. The molecule has 1 aromatic rings. The monoisotopic (exact) mass is 305 g/mol. The molecule has 1 fully saturated rings. The van der Waals surface area contributed by atoms with Gasteiger partial charge < -0.3 is 14.7 Å². The first-order chi connectivity index (χ1) is 10.7. The van der Waals surface area contributed by atoms with Crippen LogP contribution < -0.4 is 4.90 Å². The van der Waals surface area contributed by atoms with Gasteiger partial charge in [-0.05, 0) is 43.7 Å². The minimum atomic E-state index is -0.344. The van der Waals surface area contributed by atoms with E-state index < -0.39 is 0 Å².